The molecule has 180 valence electrons. The zero-order valence-corrected chi connectivity index (χ0v) is 20.5. The van der Waals surface area contributed by atoms with Gasteiger partial charge in [-0.05, 0) is 44.7 Å². The summed E-state index contributed by atoms with van der Waals surface area (Å²) in [6, 6.07) is 4.77. The summed E-state index contributed by atoms with van der Waals surface area (Å²) in [5, 5.41) is 14.5. The van der Waals surface area contributed by atoms with Gasteiger partial charge in [-0.15, -0.1) is 0 Å². The standard InChI is InChI=1S/C22H37N4O5P/c1-6-10-22(27)24-16-19-11-12-21(26(28)29)20(15-19)18(5)31-32(30-17-23-9-4)25(13-7-2)14-8-3/h11-12,15,17-18H,6-10,13-14,16H2,1-5H3,(H,24,27)/i1D. The summed E-state index contributed by atoms with van der Waals surface area (Å²) in [7, 11) is -1.50. The molecule has 2 unspecified atom stereocenters. The number of nitrogens with one attached hydrogen (secondary N) is 1. The third-order valence-electron chi connectivity index (χ3n) is 4.46. The quantitative estimate of drug-likeness (QED) is 0.113. The van der Waals surface area contributed by atoms with E-state index in [0.717, 1.165) is 31.5 Å². The number of carbonyl (C=O) groups is 1. The van der Waals surface area contributed by atoms with Crippen molar-refractivity contribution in [3.63, 3.8) is 0 Å². The molecule has 0 fully saturated rings. The molecular formula is C22H37N4O5P. The first kappa shape index (κ1) is 26.2. The van der Waals surface area contributed by atoms with Crippen LogP contribution in [0.2, 0.25) is 0 Å². The summed E-state index contributed by atoms with van der Waals surface area (Å²) >= 11 is 0. The maximum absolute atomic E-state index is 11.9. The molecule has 2 atom stereocenters. The molecule has 0 aliphatic heterocycles. The van der Waals surface area contributed by atoms with Gasteiger partial charge in [0, 0.05) is 40.0 Å². The first-order valence-corrected chi connectivity index (χ1v) is 12.2. The van der Waals surface area contributed by atoms with E-state index in [4.69, 9.17) is 10.4 Å². The molecule has 1 amide bonds. The molecule has 1 rings (SSSR count). The van der Waals surface area contributed by atoms with Crippen molar-refractivity contribution in [3.8, 4) is 0 Å². The lowest BCUT2D eigenvalue weighted by Gasteiger charge is -2.29. The van der Waals surface area contributed by atoms with Crippen LogP contribution in [0.5, 0.6) is 0 Å². The normalized spacial score (nSPS) is 13.7. The number of nitro groups is 1. The monoisotopic (exact) mass is 469 g/mol. The molecule has 0 saturated carbocycles. The Balaban J connectivity index is 3.09. The van der Waals surface area contributed by atoms with E-state index in [1.165, 1.54) is 12.5 Å². The first-order chi connectivity index (χ1) is 15.9. The molecule has 9 nitrogen and oxygen atoms in total. The number of nitrogens with zero attached hydrogens (tertiary/aromatic N) is 3. The Kier molecular flexibility index (Phi) is 12.8. The SMILES string of the molecule is [2H]CCCC(=O)NCc1ccc([N+](=O)[O-])c(C(C)OP(OC=NCC)N(CCC)CCC)c1. The number of hydrogen-bond donors (Lipinski definition) is 1. The summed E-state index contributed by atoms with van der Waals surface area (Å²) in [4.78, 5) is 27.2. The van der Waals surface area contributed by atoms with Crippen LogP contribution in [-0.2, 0) is 20.4 Å². The van der Waals surface area contributed by atoms with E-state index in [-0.39, 0.29) is 31.5 Å². The second-order valence-electron chi connectivity index (χ2n) is 7.18. The van der Waals surface area contributed by atoms with Crippen molar-refractivity contribution in [1.29, 1.82) is 0 Å². The molecule has 0 radical (unpaired) electrons. The minimum absolute atomic E-state index is 0.0403. The molecule has 0 heterocycles. The fraction of sp³-hybridized carbons (Fsp3) is 0.636. The van der Waals surface area contributed by atoms with Crippen LogP contribution in [0, 0.1) is 10.1 Å². The van der Waals surface area contributed by atoms with Gasteiger partial charge in [-0.1, -0.05) is 26.8 Å². The van der Waals surface area contributed by atoms with Crippen LogP contribution in [0.15, 0.2) is 23.2 Å². The zero-order valence-electron chi connectivity index (χ0n) is 20.6. The molecule has 0 aliphatic rings. The van der Waals surface area contributed by atoms with Gasteiger partial charge in [0.2, 0.25) is 5.91 Å². The Morgan fingerprint density at radius 2 is 2.06 bits per heavy atom. The van der Waals surface area contributed by atoms with Crippen molar-refractivity contribution in [2.24, 2.45) is 4.99 Å². The van der Waals surface area contributed by atoms with Crippen LogP contribution >= 0.6 is 8.53 Å². The Labute approximate surface area is 194 Å². The largest absolute Gasteiger partial charge is 0.425 e. The van der Waals surface area contributed by atoms with Gasteiger partial charge >= 0.3 is 8.53 Å². The van der Waals surface area contributed by atoms with Gasteiger partial charge in [-0.25, -0.2) is 4.67 Å². The minimum Gasteiger partial charge on any atom is -0.425 e. The van der Waals surface area contributed by atoms with Crippen molar-refractivity contribution in [3.05, 3.63) is 39.4 Å². The number of aliphatic imine (C=N–C) groups is 1. The molecule has 0 saturated heterocycles. The van der Waals surface area contributed by atoms with Crippen molar-refractivity contribution < 1.29 is 20.1 Å². The highest BCUT2D eigenvalue weighted by Gasteiger charge is 2.28. The lowest BCUT2D eigenvalue weighted by Crippen LogP contribution is -2.23. The number of nitro benzene ring substituents is 1. The minimum atomic E-state index is -1.50. The summed E-state index contributed by atoms with van der Waals surface area (Å²) in [6.07, 6.45) is 3.41. The number of benzene rings is 1. The van der Waals surface area contributed by atoms with Gasteiger partial charge in [0.25, 0.3) is 5.69 Å². The number of carbonyl (C=O) groups excluding carboxylic acids is 1. The number of rotatable bonds is 16. The molecular weight excluding hydrogens is 431 g/mol. The van der Waals surface area contributed by atoms with Gasteiger partial charge in [0.05, 0.1) is 16.6 Å². The molecule has 0 aromatic heterocycles. The van der Waals surface area contributed by atoms with Crippen LogP contribution in [-0.4, -0.2) is 41.5 Å². The van der Waals surface area contributed by atoms with Gasteiger partial charge in [-0.2, -0.15) is 0 Å². The van der Waals surface area contributed by atoms with Crippen LogP contribution in [0.4, 0.5) is 5.69 Å². The Bertz CT molecular complexity index is 762. The highest BCUT2D eigenvalue weighted by molar-refractivity contribution is 7.45. The van der Waals surface area contributed by atoms with E-state index < -0.39 is 19.6 Å². The zero-order chi connectivity index (χ0) is 24.6. The first-order valence-electron chi connectivity index (χ1n) is 11.8. The Morgan fingerprint density at radius 1 is 1.34 bits per heavy atom. The lowest BCUT2D eigenvalue weighted by atomic mass is 10.0. The summed E-state index contributed by atoms with van der Waals surface area (Å²) in [5.74, 6) is -0.145. The highest BCUT2D eigenvalue weighted by atomic mass is 31.2. The number of amides is 1. The molecule has 0 bridgehead atoms. The predicted octanol–water partition coefficient (Wildman–Crippen LogP) is 5.50. The van der Waals surface area contributed by atoms with E-state index in [0.29, 0.717) is 18.5 Å². The summed E-state index contributed by atoms with van der Waals surface area (Å²) < 4.78 is 21.3. The molecule has 1 N–H and O–H groups in total. The van der Waals surface area contributed by atoms with Crippen LogP contribution < -0.4 is 5.32 Å². The second-order valence-corrected chi connectivity index (χ2v) is 8.64. The van der Waals surface area contributed by atoms with E-state index in [1.807, 2.05) is 6.92 Å². The number of hydrogen-bond acceptors (Lipinski definition) is 7. The van der Waals surface area contributed by atoms with Crippen LogP contribution in [0.1, 0.15) is 78.9 Å². The fourth-order valence-electron chi connectivity index (χ4n) is 2.95. The van der Waals surface area contributed by atoms with Gasteiger partial charge < -0.3 is 14.4 Å². The van der Waals surface area contributed by atoms with Gasteiger partial charge in [-0.3, -0.25) is 19.9 Å². The van der Waals surface area contributed by atoms with Gasteiger partial charge in [0.1, 0.15) is 0 Å². The van der Waals surface area contributed by atoms with Crippen LogP contribution in [0.3, 0.4) is 0 Å². The second kappa shape index (κ2) is 15.7. The van der Waals surface area contributed by atoms with Crippen molar-refractivity contribution in [1.82, 2.24) is 9.99 Å². The van der Waals surface area contributed by atoms with Gasteiger partial charge in [0.15, 0.2) is 6.40 Å². The topological polar surface area (TPSA) is 106 Å². The smallest absolute Gasteiger partial charge is 0.322 e. The molecule has 1 aromatic rings. The maximum Gasteiger partial charge on any atom is 0.322 e. The van der Waals surface area contributed by atoms with E-state index in [9.17, 15) is 14.9 Å². The molecule has 10 heteroatoms. The average molecular weight is 470 g/mol. The maximum atomic E-state index is 11.9. The highest BCUT2D eigenvalue weighted by Crippen LogP contribution is 2.47. The molecule has 0 aliphatic carbocycles. The Morgan fingerprint density at radius 3 is 2.66 bits per heavy atom. The van der Waals surface area contributed by atoms with E-state index in [1.54, 1.807) is 19.1 Å². The van der Waals surface area contributed by atoms with Crippen molar-refractivity contribution in [2.45, 2.75) is 72.9 Å². The third kappa shape index (κ3) is 9.59. The van der Waals surface area contributed by atoms with E-state index in [2.05, 4.69) is 28.8 Å². The lowest BCUT2D eigenvalue weighted by molar-refractivity contribution is -0.386. The van der Waals surface area contributed by atoms with Crippen molar-refractivity contribution in [2.75, 3.05) is 19.6 Å². The molecule has 32 heavy (non-hydrogen) atoms. The molecule has 1 aromatic carbocycles. The third-order valence-corrected chi connectivity index (χ3v) is 6.09. The van der Waals surface area contributed by atoms with Crippen LogP contribution in [0.25, 0.3) is 0 Å². The predicted molar refractivity (Wildman–Crippen MR) is 129 cm³/mol. The van der Waals surface area contributed by atoms with E-state index >= 15 is 0 Å². The average Bonchev–Trinajstić information content (AvgIpc) is 2.80. The Hall–Kier alpha value is -2.09. The summed E-state index contributed by atoms with van der Waals surface area (Å²) in [6.45, 7) is 10.4. The summed E-state index contributed by atoms with van der Waals surface area (Å²) in [5.41, 5.74) is 1.12. The van der Waals surface area contributed by atoms with Crippen molar-refractivity contribution >= 4 is 26.5 Å². The fourth-order valence-corrected chi connectivity index (χ4v) is 4.52. The molecule has 0 spiro atoms.